The molecule has 0 bridgehead atoms. The quantitative estimate of drug-likeness (QED) is 0.479. The summed E-state index contributed by atoms with van der Waals surface area (Å²) in [6.45, 7) is 8.13. The van der Waals surface area contributed by atoms with Crippen molar-refractivity contribution in [1.82, 2.24) is 19.7 Å². The van der Waals surface area contributed by atoms with Gasteiger partial charge in [0.25, 0.3) is 0 Å². The molecule has 3 fully saturated rings. The molecule has 188 valence electrons. The Balaban J connectivity index is 1.07. The number of rotatable bonds is 4. The average molecular weight is 469 g/mol. The molecule has 5 heteroatoms. The number of pyridine rings is 1. The minimum absolute atomic E-state index is 0.536. The monoisotopic (exact) mass is 468 g/mol. The number of likely N-dealkylation sites (tertiary alicyclic amines) is 1. The molecule has 0 spiro atoms. The van der Waals surface area contributed by atoms with Crippen molar-refractivity contribution < 1.29 is 4.39 Å². The van der Waals surface area contributed by atoms with Crippen molar-refractivity contribution in [2.75, 3.05) is 19.6 Å². The predicted octanol–water partition coefficient (Wildman–Crippen LogP) is 7.13. The minimum Gasteiger partial charge on any atom is -0.303 e. The molecule has 0 N–H and O–H groups in total. The summed E-state index contributed by atoms with van der Waals surface area (Å²) < 4.78 is 16.7. The molecule has 1 saturated heterocycles. The summed E-state index contributed by atoms with van der Waals surface area (Å²) in [4.78, 5) is 7.12. The van der Waals surface area contributed by atoms with Gasteiger partial charge in [-0.25, -0.2) is 4.39 Å². The lowest BCUT2D eigenvalue weighted by molar-refractivity contribution is 0.0975. The van der Waals surface area contributed by atoms with Crippen molar-refractivity contribution in [3.05, 3.63) is 24.2 Å². The third kappa shape index (κ3) is 6.01. The minimum atomic E-state index is -0.559. The van der Waals surface area contributed by atoms with Crippen LogP contribution < -0.4 is 0 Å². The molecular weight excluding hydrogens is 423 g/mol. The van der Waals surface area contributed by atoms with Crippen LogP contribution >= 0.6 is 0 Å². The zero-order valence-corrected chi connectivity index (χ0v) is 21.5. The summed E-state index contributed by atoms with van der Waals surface area (Å²) >= 11 is 0. The van der Waals surface area contributed by atoms with Crippen LogP contribution in [0, 0.1) is 30.6 Å². The van der Waals surface area contributed by atoms with Crippen LogP contribution in [-0.2, 0) is 0 Å². The van der Waals surface area contributed by atoms with E-state index in [0.29, 0.717) is 12.0 Å². The van der Waals surface area contributed by atoms with Gasteiger partial charge in [-0.1, -0.05) is 26.2 Å². The molecule has 2 aromatic heterocycles. The van der Waals surface area contributed by atoms with Crippen molar-refractivity contribution in [3.8, 4) is 0 Å². The summed E-state index contributed by atoms with van der Waals surface area (Å²) in [6.07, 6.45) is 17.7. The molecule has 3 heterocycles. The highest BCUT2D eigenvalue weighted by molar-refractivity contribution is 5.77. The van der Waals surface area contributed by atoms with E-state index in [1.54, 1.807) is 0 Å². The van der Waals surface area contributed by atoms with Crippen LogP contribution in [0.5, 0.6) is 0 Å². The summed E-state index contributed by atoms with van der Waals surface area (Å²) in [5.41, 5.74) is 2.08. The maximum Gasteiger partial charge on any atom is 0.111 e. The van der Waals surface area contributed by atoms with E-state index in [1.807, 2.05) is 13.1 Å². The van der Waals surface area contributed by atoms with E-state index in [9.17, 15) is 4.39 Å². The smallest absolute Gasteiger partial charge is 0.111 e. The van der Waals surface area contributed by atoms with Crippen molar-refractivity contribution in [2.45, 2.75) is 103 Å². The van der Waals surface area contributed by atoms with Crippen LogP contribution in [0.4, 0.5) is 4.39 Å². The second kappa shape index (κ2) is 11.1. The van der Waals surface area contributed by atoms with Gasteiger partial charge in [0.1, 0.15) is 11.7 Å². The Labute approximate surface area is 205 Å². The molecule has 3 unspecified atom stereocenters. The first-order chi connectivity index (χ1) is 16.5. The SMILES string of the molecule is Cc1cc2cn(C3CCC(CN4CCC(C5CCC(C)CCCC(F)C5)CC4)CC3)nc2cn1. The first kappa shape index (κ1) is 24.2. The first-order valence-electron chi connectivity index (χ1n) is 14.2. The Bertz CT molecular complexity index is 910. The molecule has 3 atom stereocenters. The van der Waals surface area contributed by atoms with Crippen LogP contribution in [-0.4, -0.2) is 45.5 Å². The van der Waals surface area contributed by atoms with Gasteiger partial charge in [-0.15, -0.1) is 0 Å². The lowest BCUT2D eigenvalue weighted by Crippen LogP contribution is -2.40. The fraction of sp³-hybridized carbons (Fsp3) is 0.793. The highest BCUT2D eigenvalue weighted by atomic mass is 19.1. The number of hydrogen-bond donors (Lipinski definition) is 0. The van der Waals surface area contributed by atoms with Gasteiger partial charge in [-0.05, 0) is 108 Å². The van der Waals surface area contributed by atoms with E-state index < -0.39 is 6.17 Å². The van der Waals surface area contributed by atoms with Crippen molar-refractivity contribution in [3.63, 3.8) is 0 Å². The highest BCUT2D eigenvalue weighted by Crippen LogP contribution is 2.37. The molecular formula is C29H45FN4. The number of aromatic nitrogens is 3. The van der Waals surface area contributed by atoms with Gasteiger partial charge in [0.2, 0.25) is 0 Å². The predicted molar refractivity (Wildman–Crippen MR) is 138 cm³/mol. The van der Waals surface area contributed by atoms with Crippen molar-refractivity contribution >= 4 is 10.9 Å². The van der Waals surface area contributed by atoms with Gasteiger partial charge in [0.05, 0.1) is 12.2 Å². The number of aryl methyl sites for hydroxylation is 1. The fourth-order valence-corrected chi connectivity index (χ4v) is 7.13. The van der Waals surface area contributed by atoms with Crippen LogP contribution in [0.3, 0.4) is 0 Å². The van der Waals surface area contributed by atoms with Crippen molar-refractivity contribution in [1.29, 1.82) is 0 Å². The fourth-order valence-electron chi connectivity index (χ4n) is 7.13. The van der Waals surface area contributed by atoms with E-state index in [1.165, 1.54) is 82.8 Å². The Kier molecular flexibility index (Phi) is 7.87. The zero-order chi connectivity index (χ0) is 23.5. The molecule has 1 aliphatic heterocycles. The van der Waals surface area contributed by atoms with E-state index in [4.69, 9.17) is 5.10 Å². The molecule has 5 rings (SSSR count). The second-order valence-corrected chi connectivity index (χ2v) is 12.0. The van der Waals surface area contributed by atoms with E-state index in [0.717, 1.165) is 48.2 Å². The highest BCUT2D eigenvalue weighted by Gasteiger charge is 2.31. The van der Waals surface area contributed by atoms with Gasteiger partial charge in [0.15, 0.2) is 0 Å². The summed E-state index contributed by atoms with van der Waals surface area (Å²) in [5.74, 6) is 2.98. The normalized spacial score (nSPS) is 32.9. The van der Waals surface area contributed by atoms with Crippen LogP contribution in [0.15, 0.2) is 18.5 Å². The number of fused-ring (bicyclic) bond motifs is 1. The van der Waals surface area contributed by atoms with Crippen molar-refractivity contribution in [2.24, 2.45) is 23.7 Å². The Morgan fingerprint density at radius 2 is 1.74 bits per heavy atom. The topological polar surface area (TPSA) is 34.0 Å². The Morgan fingerprint density at radius 3 is 2.53 bits per heavy atom. The standard InChI is InChI=1S/C29H45FN4/c1-21-4-3-5-27(30)17-25(9-6-21)24-12-14-33(15-13-24)19-23-7-10-28(11-8-23)34-20-26-16-22(2)31-18-29(26)32-34/h16,18,20-21,23-25,27-28H,3-15,17,19H2,1-2H3. The largest absolute Gasteiger partial charge is 0.303 e. The summed E-state index contributed by atoms with van der Waals surface area (Å²) in [5, 5.41) is 6.03. The number of piperidine rings is 1. The van der Waals surface area contributed by atoms with E-state index in [-0.39, 0.29) is 0 Å². The lowest BCUT2D eigenvalue weighted by atomic mass is 9.77. The molecule has 0 aromatic carbocycles. The Hall–Kier alpha value is -1.49. The van der Waals surface area contributed by atoms with Gasteiger partial charge in [-0.2, -0.15) is 5.10 Å². The molecule has 4 nitrogen and oxygen atoms in total. The number of nitrogens with zero attached hydrogens (tertiary/aromatic N) is 4. The number of alkyl halides is 1. The van der Waals surface area contributed by atoms with E-state index in [2.05, 4.69) is 33.8 Å². The van der Waals surface area contributed by atoms with Gasteiger partial charge in [0, 0.05) is 23.8 Å². The second-order valence-electron chi connectivity index (χ2n) is 12.0. The lowest BCUT2D eigenvalue weighted by Gasteiger charge is -2.39. The summed E-state index contributed by atoms with van der Waals surface area (Å²) in [7, 11) is 0. The molecule has 2 saturated carbocycles. The Morgan fingerprint density at radius 1 is 0.941 bits per heavy atom. The van der Waals surface area contributed by atoms with Gasteiger partial charge >= 0.3 is 0 Å². The number of hydrogen-bond acceptors (Lipinski definition) is 3. The molecule has 0 amide bonds. The maximum atomic E-state index is 14.5. The zero-order valence-electron chi connectivity index (χ0n) is 21.5. The van der Waals surface area contributed by atoms with Gasteiger partial charge in [-0.3, -0.25) is 9.67 Å². The van der Waals surface area contributed by atoms with Crippen LogP contribution in [0.2, 0.25) is 0 Å². The first-order valence-corrected chi connectivity index (χ1v) is 14.2. The van der Waals surface area contributed by atoms with E-state index >= 15 is 0 Å². The molecule has 34 heavy (non-hydrogen) atoms. The third-order valence-electron chi connectivity index (χ3n) is 9.35. The number of halogens is 1. The van der Waals surface area contributed by atoms with Gasteiger partial charge < -0.3 is 4.90 Å². The average Bonchev–Trinajstić information content (AvgIpc) is 3.28. The summed E-state index contributed by atoms with van der Waals surface area (Å²) in [6, 6.07) is 2.68. The maximum absolute atomic E-state index is 14.5. The molecule has 3 aliphatic rings. The van der Waals surface area contributed by atoms with Crippen LogP contribution in [0.1, 0.15) is 95.7 Å². The molecule has 2 aromatic rings. The van der Waals surface area contributed by atoms with Crippen LogP contribution in [0.25, 0.3) is 10.9 Å². The molecule has 2 aliphatic carbocycles. The third-order valence-corrected chi connectivity index (χ3v) is 9.35. The molecule has 0 radical (unpaired) electrons.